The summed E-state index contributed by atoms with van der Waals surface area (Å²) in [7, 11) is 0. The molecule has 6 heteroatoms. The van der Waals surface area contributed by atoms with E-state index in [1.807, 2.05) is 24.3 Å². The molecule has 1 aromatic heterocycles. The van der Waals surface area contributed by atoms with Crippen LogP contribution in [0.15, 0.2) is 36.4 Å². The zero-order valence-corrected chi connectivity index (χ0v) is 14.0. The summed E-state index contributed by atoms with van der Waals surface area (Å²) in [5.74, 6) is -0.105. The minimum absolute atomic E-state index is 0.105. The Labute approximate surface area is 141 Å². The number of anilines is 1. The van der Waals surface area contributed by atoms with Crippen molar-refractivity contribution in [3.63, 3.8) is 0 Å². The summed E-state index contributed by atoms with van der Waals surface area (Å²) in [4.78, 5) is 16.4. The Balaban J connectivity index is 2.17. The molecule has 22 heavy (non-hydrogen) atoms. The van der Waals surface area contributed by atoms with E-state index in [1.165, 1.54) is 11.3 Å². The largest absolute Gasteiger partial charge is 0.324 e. The van der Waals surface area contributed by atoms with E-state index in [9.17, 15) is 4.79 Å². The lowest BCUT2D eigenvalue weighted by Gasteiger charge is -2.11. The first-order valence-corrected chi connectivity index (χ1v) is 8.30. The van der Waals surface area contributed by atoms with Crippen molar-refractivity contribution in [3.05, 3.63) is 46.4 Å². The van der Waals surface area contributed by atoms with Crippen molar-refractivity contribution < 1.29 is 4.79 Å². The van der Waals surface area contributed by atoms with Crippen LogP contribution in [0.4, 0.5) is 5.69 Å². The second-order valence-electron chi connectivity index (χ2n) is 4.70. The predicted octanol–water partition coefficient (Wildman–Crippen LogP) is 5.62. The highest BCUT2D eigenvalue weighted by molar-refractivity contribution is 7.21. The molecule has 0 fully saturated rings. The SMILES string of the molecule is CCC(=O)Nc1c(Cl)cc(Cl)cc1-c1nc2ccccc2s1. The summed E-state index contributed by atoms with van der Waals surface area (Å²) in [6.07, 6.45) is 0.373. The Bertz CT molecular complexity index is 827. The summed E-state index contributed by atoms with van der Waals surface area (Å²) in [6, 6.07) is 11.3. The molecular formula is C16H12Cl2N2OS. The minimum atomic E-state index is -0.105. The first kappa shape index (κ1) is 15.3. The third kappa shape index (κ3) is 2.95. The Morgan fingerprint density at radius 3 is 2.77 bits per heavy atom. The van der Waals surface area contributed by atoms with Gasteiger partial charge in [0.2, 0.25) is 5.91 Å². The van der Waals surface area contributed by atoms with Crippen LogP contribution in [0, 0.1) is 0 Å². The van der Waals surface area contributed by atoms with E-state index < -0.39 is 0 Å². The van der Waals surface area contributed by atoms with Gasteiger partial charge >= 0.3 is 0 Å². The van der Waals surface area contributed by atoms with Crippen LogP contribution in [0.3, 0.4) is 0 Å². The van der Waals surface area contributed by atoms with Gasteiger partial charge in [0, 0.05) is 17.0 Å². The number of aromatic nitrogens is 1. The molecule has 3 aromatic rings. The number of hydrogen-bond donors (Lipinski definition) is 1. The number of hydrogen-bond acceptors (Lipinski definition) is 3. The van der Waals surface area contributed by atoms with Crippen LogP contribution in [0.2, 0.25) is 10.0 Å². The third-order valence-corrected chi connectivity index (χ3v) is 4.75. The molecule has 2 aromatic carbocycles. The lowest BCUT2D eigenvalue weighted by molar-refractivity contribution is -0.115. The Morgan fingerprint density at radius 1 is 1.27 bits per heavy atom. The number of nitrogens with zero attached hydrogens (tertiary/aromatic N) is 1. The van der Waals surface area contributed by atoms with Crippen LogP contribution in [0.1, 0.15) is 13.3 Å². The predicted molar refractivity (Wildman–Crippen MR) is 94.0 cm³/mol. The summed E-state index contributed by atoms with van der Waals surface area (Å²) < 4.78 is 1.07. The van der Waals surface area contributed by atoms with E-state index in [1.54, 1.807) is 19.1 Å². The van der Waals surface area contributed by atoms with Crippen LogP contribution in [0.25, 0.3) is 20.8 Å². The number of benzene rings is 2. The van der Waals surface area contributed by atoms with Crippen LogP contribution in [-0.4, -0.2) is 10.9 Å². The number of carbonyl (C=O) groups excluding carboxylic acids is 1. The molecule has 1 N–H and O–H groups in total. The highest BCUT2D eigenvalue weighted by Gasteiger charge is 2.16. The molecule has 0 radical (unpaired) electrons. The van der Waals surface area contributed by atoms with Crippen molar-refractivity contribution >= 4 is 56.3 Å². The number of rotatable bonds is 3. The molecule has 112 valence electrons. The molecule has 3 nitrogen and oxygen atoms in total. The summed E-state index contributed by atoms with van der Waals surface area (Å²) >= 11 is 13.9. The van der Waals surface area contributed by atoms with Gasteiger partial charge in [0.1, 0.15) is 5.01 Å². The fourth-order valence-corrected chi connectivity index (χ4v) is 3.61. The van der Waals surface area contributed by atoms with Crippen LogP contribution >= 0.6 is 34.5 Å². The number of amides is 1. The van der Waals surface area contributed by atoms with E-state index >= 15 is 0 Å². The van der Waals surface area contributed by atoms with Gasteiger partial charge in [0.25, 0.3) is 0 Å². The average molecular weight is 351 g/mol. The lowest BCUT2D eigenvalue weighted by Crippen LogP contribution is -2.10. The highest BCUT2D eigenvalue weighted by Crippen LogP contribution is 2.40. The van der Waals surface area contributed by atoms with E-state index in [2.05, 4.69) is 10.3 Å². The van der Waals surface area contributed by atoms with Gasteiger partial charge in [-0.15, -0.1) is 11.3 Å². The zero-order valence-electron chi connectivity index (χ0n) is 11.7. The number of para-hydroxylation sites is 1. The maximum absolute atomic E-state index is 11.8. The summed E-state index contributed by atoms with van der Waals surface area (Å²) in [6.45, 7) is 1.79. The van der Waals surface area contributed by atoms with Gasteiger partial charge in [-0.1, -0.05) is 42.3 Å². The molecule has 0 aliphatic heterocycles. The van der Waals surface area contributed by atoms with E-state index in [0.717, 1.165) is 20.8 Å². The van der Waals surface area contributed by atoms with Gasteiger partial charge in [0.05, 0.1) is 20.9 Å². The van der Waals surface area contributed by atoms with Crippen molar-refractivity contribution in [2.75, 3.05) is 5.32 Å². The van der Waals surface area contributed by atoms with Gasteiger partial charge in [-0.25, -0.2) is 4.98 Å². The van der Waals surface area contributed by atoms with Gasteiger partial charge < -0.3 is 5.32 Å². The quantitative estimate of drug-likeness (QED) is 0.666. The van der Waals surface area contributed by atoms with Gasteiger partial charge in [-0.05, 0) is 24.3 Å². The molecule has 1 amide bonds. The molecule has 0 saturated heterocycles. The maximum atomic E-state index is 11.8. The molecule has 0 atom stereocenters. The van der Waals surface area contributed by atoms with Crippen LogP contribution < -0.4 is 5.32 Å². The van der Waals surface area contributed by atoms with Gasteiger partial charge in [0.15, 0.2) is 0 Å². The second kappa shape index (κ2) is 6.24. The number of carbonyl (C=O) groups is 1. The summed E-state index contributed by atoms with van der Waals surface area (Å²) in [5.41, 5.74) is 2.20. The number of thiazole rings is 1. The molecule has 0 unspecified atom stereocenters. The zero-order chi connectivity index (χ0) is 15.7. The van der Waals surface area contributed by atoms with Crippen molar-refractivity contribution in [3.8, 4) is 10.6 Å². The first-order valence-electron chi connectivity index (χ1n) is 6.73. The molecule has 0 aliphatic carbocycles. The molecule has 0 aliphatic rings. The van der Waals surface area contributed by atoms with Crippen LogP contribution in [0.5, 0.6) is 0 Å². The van der Waals surface area contributed by atoms with Crippen molar-refractivity contribution in [1.82, 2.24) is 4.98 Å². The summed E-state index contributed by atoms with van der Waals surface area (Å²) in [5, 5.41) is 4.52. The molecular weight excluding hydrogens is 339 g/mol. The van der Waals surface area contributed by atoms with Crippen molar-refractivity contribution in [1.29, 1.82) is 0 Å². The minimum Gasteiger partial charge on any atom is -0.324 e. The van der Waals surface area contributed by atoms with Crippen molar-refractivity contribution in [2.24, 2.45) is 0 Å². The standard InChI is InChI=1S/C16H12Cl2N2OS/c1-2-14(21)20-15-10(7-9(17)8-11(15)18)16-19-12-5-3-4-6-13(12)22-16/h3-8H,2H2,1H3,(H,20,21). The Kier molecular flexibility index (Phi) is 4.34. The van der Waals surface area contributed by atoms with E-state index in [-0.39, 0.29) is 5.91 Å². The topological polar surface area (TPSA) is 42.0 Å². The van der Waals surface area contributed by atoms with Gasteiger partial charge in [-0.3, -0.25) is 4.79 Å². The number of nitrogens with one attached hydrogen (secondary N) is 1. The number of halogens is 2. The first-order chi connectivity index (χ1) is 10.6. The normalized spacial score (nSPS) is 10.9. The maximum Gasteiger partial charge on any atom is 0.224 e. The second-order valence-corrected chi connectivity index (χ2v) is 6.57. The van der Waals surface area contributed by atoms with E-state index in [0.29, 0.717) is 22.2 Å². The molecule has 3 rings (SSSR count). The Morgan fingerprint density at radius 2 is 2.05 bits per heavy atom. The highest BCUT2D eigenvalue weighted by atomic mass is 35.5. The monoisotopic (exact) mass is 350 g/mol. The van der Waals surface area contributed by atoms with E-state index in [4.69, 9.17) is 23.2 Å². The molecule has 1 heterocycles. The molecule has 0 spiro atoms. The fraction of sp³-hybridized carbons (Fsp3) is 0.125. The lowest BCUT2D eigenvalue weighted by atomic mass is 10.1. The van der Waals surface area contributed by atoms with Crippen molar-refractivity contribution in [2.45, 2.75) is 13.3 Å². The fourth-order valence-electron chi connectivity index (χ4n) is 2.08. The third-order valence-electron chi connectivity index (χ3n) is 3.16. The molecule has 0 bridgehead atoms. The number of fused-ring (bicyclic) bond motifs is 1. The van der Waals surface area contributed by atoms with Gasteiger partial charge in [-0.2, -0.15) is 0 Å². The smallest absolute Gasteiger partial charge is 0.224 e. The van der Waals surface area contributed by atoms with Crippen LogP contribution in [-0.2, 0) is 4.79 Å². The molecule has 0 saturated carbocycles. The average Bonchev–Trinajstić information content (AvgIpc) is 2.93. The Hall–Kier alpha value is -1.62.